The molecule has 0 aliphatic heterocycles. The van der Waals surface area contributed by atoms with Crippen LogP contribution >= 0.6 is 0 Å². The highest BCUT2D eigenvalue weighted by Gasteiger charge is 2.19. The summed E-state index contributed by atoms with van der Waals surface area (Å²) in [6.07, 6.45) is -4.89. The van der Waals surface area contributed by atoms with Crippen LogP contribution in [0.4, 0.5) is 23.2 Å². The second-order valence-corrected chi connectivity index (χ2v) is 3.68. The number of rotatable bonds is 6. The van der Waals surface area contributed by atoms with E-state index in [0.717, 1.165) is 0 Å². The van der Waals surface area contributed by atoms with Crippen LogP contribution in [0.15, 0.2) is 12.1 Å². The van der Waals surface area contributed by atoms with Crippen molar-refractivity contribution < 1.29 is 27.6 Å². The second kappa shape index (κ2) is 6.43. The van der Waals surface area contributed by atoms with Crippen LogP contribution in [0.2, 0.25) is 0 Å². The normalized spacial score (nSPS) is 12.7. The number of hydrogen-bond acceptors (Lipinski definition) is 4. The quantitative estimate of drug-likeness (QED) is 0.472. The number of halogens is 4. The minimum Gasteiger partial charge on any atom is -0.386 e. The lowest BCUT2D eigenvalue weighted by molar-refractivity contribution is -0.387. The third kappa shape index (κ3) is 4.14. The Bertz CT molecular complexity index is 470. The number of benzene rings is 1. The van der Waals surface area contributed by atoms with E-state index in [0.29, 0.717) is 12.1 Å². The first-order valence-corrected chi connectivity index (χ1v) is 5.12. The maximum atomic E-state index is 13.3. The van der Waals surface area contributed by atoms with Crippen molar-refractivity contribution >= 4 is 5.69 Å². The molecule has 1 aromatic rings. The number of alkyl halides is 2. The number of aliphatic hydroxyl groups excluding tert-OH is 1. The van der Waals surface area contributed by atoms with Gasteiger partial charge in [-0.05, 0) is 0 Å². The van der Waals surface area contributed by atoms with Crippen LogP contribution in [-0.2, 0) is 6.54 Å². The molecule has 0 saturated carbocycles. The zero-order valence-electron chi connectivity index (χ0n) is 9.45. The first kappa shape index (κ1) is 15.3. The summed E-state index contributed by atoms with van der Waals surface area (Å²) in [6, 6.07) is 1.02. The summed E-state index contributed by atoms with van der Waals surface area (Å²) in [5, 5.41) is 21.5. The van der Waals surface area contributed by atoms with Gasteiger partial charge in [0.25, 0.3) is 6.43 Å². The Hall–Kier alpha value is -1.74. The molecule has 0 bridgehead atoms. The van der Waals surface area contributed by atoms with Crippen molar-refractivity contribution in [2.75, 3.05) is 6.54 Å². The van der Waals surface area contributed by atoms with Crippen LogP contribution in [0.3, 0.4) is 0 Å². The van der Waals surface area contributed by atoms with Crippen molar-refractivity contribution in [2.45, 2.75) is 19.1 Å². The zero-order chi connectivity index (χ0) is 14.6. The maximum absolute atomic E-state index is 13.3. The highest BCUT2D eigenvalue weighted by Crippen LogP contribution is 2.21. The van der Waals surface area contributed by atoms with E-state index < -0.39 is 41.3 Å². The van der Waals surface area contributed by atoms with Crippen LogP contribution in [-0.4, -0.2) is 29.1 Å². The molecule has 0 amide bonds. The molecule has 0 fully saturated rings. The molecule has 5 nitrogen and oxygen atoms in total. The number of nitrogens with one attached hydrogen (secondary N) is 1. The topological polar surface area (TPSA) is 75.4 Å². The van der Waals surface area contributed by atoms with E-state index in [1.807, 2.05) is 0 Å². The Kier molecular flexibility index (Phi) is 5.19. The molecule has 0 radical (unpaired) electrons. The van der Waals surface area contributed by atoms with E-state index in [1.54, 1.807) is 0 Å². The Morgan fingerprint density at radius 3 is 2.47 bits per heavy atom. The van der Waals surface area contributed by atoms with Crippen molar-refractivity contribution in [3.05, 3.63) is 39.4 Å². The minimum atomic E-state index is -2.96. The summed E-state index contributed by atoms with van der Waals surface area (Å²) in [6.45, 7) is -0.876. The van der Waals surface area contributed by atoms with Crippen molar-refractivity contribution in [1.29, 1.82) is 0 Å². The summed E-state index contributed by atoms with van der Waals surface area (Å²) >= 11 is 0. The van der Waals surface area contributed by atoms with Gasteiger partial charge >= 0.3 is 5.69 Å². The molecule has 0 aliphatic carbocycles. The van der Waals surface area contributed by atoms with Crippen LogP contribution in [0.1, 0.15) is 5.56 Å². The molecule has 1 unspecified atom stereocenters. The number of hydrogen-bond donors (Lipinski definition) is 2. The van der Waals surface area contributed by atoms with Crippen molar-refractivity contribution in [3.63, 3.8) is 0 Å². The molecule has 0 saturated heterocycles. The van der Waals surface area contributed by atoms with Gasteiger partial charge in [-0.2, -0.15) is 4.39 Å². The lowest BCUT2D eigenvalue weighted by Crippen LogP contribution is -2.31. The van der Waals surface area contributed by atoms with Gasteiger partial charge in [-0.15, -0.1) is 0 Å². The zero-order valence-corrected chi connectivity index (χ0v) is 9.45. The van der Waals surface area contributed by atoms with E-state index in [1.165, 1.54) is 0 Å². The molecule has 19 heavy (non-hydrogen) atoms. The molecule has 1 aromatic carbocycles. The average molecular weight is 282 g/mol. The molecular weight excluding hydrogens is 272 g/mol. The second-order valence-electron chi connectivity index (χ2n) is 3.68. The smallest absolute Gasteiger partial charge is 0.305 e. The van der Waals surface area contributed by atoms with Gasteiger partial charge < -0.3 is 10.4 Å². The van der Waals surface area contributed by atoms with Crippen molar-refractivity contribution in [1.82, 2.24) is 5.32 Å². The van der Waals surface area contributed by atoms with E-state index in [2.05, 4.69) is 5.32 Å². The summed E-state index contributed by atoms with van der Waals surface area (Å²) in [7, 11) is 0. The Morgan fingerprint density at radius 1 is 1.32 bits per heavy atom. The molecule has 1 rings (SSSR count). The summed E-state index contributed by atoms with van der Waals surface area (Å²) in [5.74, 6) is -2.36. The Morgan fingerprint density at radius 2 is 1.95 bits per heavy atom. The monoisotopic (exact) mass is 282 g/mol. The molecule has 0 aliphatic rings. The standard InChI is InChI=1S/C10H10F4N2O3/c11-6-2-7(12)8(16(18)19)1-5(6)3-15-4-9(17)10(13)14/h1-2,9-10,15,17H,3-4H2. The number of aliphatic hydroxyl groups is 1. The molecule has 1 atom stereocenters. The Balaban J connectivity index is 2.73. The van der Waals surface area contributed by atoms with Gasteiger partial charge in [-0.25, -0.2) is 13.2 Å². The minimum absolute atomic E-state index is 0.255. The number of nitro benzene ring substituents is 1. The van der Waals surface area contributed by atoms with Gasteiger partial charge in [0.2, 0.25) is 5.82 Å². The van der Waals surface area contributed by atoms with E-state index in [9.17, 15) is 27.7 Å². The van der Waals surface area contributed by atoms with Gasteiger partial charge in [0.05, 0.1) is 4.92 Å². The van der Waals surface area contributed by atoms with Gasteiger partial charge in [-0.3, -0.25) is 10.1 Å². The molecule has 106 valence electrons. The van der Waals surface area contributed by atoms with Gasteiger partial charge in [0.1, 0.15) is 11.9 Å². The largest absolute Gasteiger partial charge is 0.386 e. The lowest BCUT2D eigenvalue weighted by Gasteiger charge is -2.11. The van der Waals surface area contributed by atoms with Crippen LogP contribution in [0.25, 0.3) is 0 Å². The van der Waals surface area contributed by atoms with Crippen molar-refractivity contribution in [3.8, 4) is 0 Å². The fraction of sp³-hybridized carbons (Fsp3) is 0.400. The summed E-state index contributed by atoms with van der Waals surface area (Å²) < 4.78 is 50.2. The molecule has 0 aromatic heterocycles. The summed E-state index contributed by atoms with van der Waals surface area (Å²) in [4.78, 5) is 9.42. The van der Waals surface area contributed by atoms with Crippen LogP contribution in [0, 0.1) is 21.7 Å². The van der Waals surface area contributed by atoms with Crippen LogP contribution in [0.5, 0.6) is 0 Å². The average Bonchev–Trinajstić information content (AvgIpc) is 2.30. The molecule has 0 spiro atoms. The van der Waals surface area contributed by atoms with Gasteiger partial charge in [0.15, 0.2) is 0 Å². The highest BCUT2D eigenvalue weighted by molar-refractivity contribution is 5.37. The number of nitrogens with zero attached hydrogens (tertiary/aromatic N) is 1. The molecule has 9 heteroatoms. The number of nitro groups is 1. The fourth-order valence-corrected chi connectivity index (χ4v) is 1.30. The first-order valence-electron chi connectivity index (χ1n) is 5.12. The predicted octanol–water partition coefficient (Wildman–Crippen LogP) is 1.59. The third-order valence-corrected chi connectivity index (χ3v) is 2.27. The fourth-order valence-electron chi connectivity index (χ4n) is 1.30. The molecule has 0 heterocycles. The van der Waals surface area contributed by atoms with E-state index in [-0.39, 0.29) is 12.1 Å². The first-order chi connectivity index (χ1) is 8.82. The van der Waals surface area contributed by atoms with Gasteiger partial charge in [-0.1, -0.05) is 0 Å². The molecular formula is C10H10F4N2O3. The maximum Gasteiger partial charge on any atom is 0.305 e. The Labute approximate surface area is 105 Å². The SMILES string of the molecule is O=[N+]([O-])c1cc(CNCC(O)C(F)F)c(F)cc1F. The highest BCUT2D eigenvalue weighted by atomic mass is 19.3. The third-order valence-electron chi connectivity index (χ3n) is 2.27. The predicted molar refractivity (Wildman–Crippen MR) is 56.7 cm³/mol. The van der Waals surface area contributed by atoms with Crippen molar-refractivity contribution in [2.24, 2.45) is 0 Å². The molecule has 2 N–H and O–H groups in total. The lowest BCUT2D eigenvalue weighted by atomic mass is 10.1. The van der Waals surface area contributed by atoms with E-state index >= 15 is 0 Å². The summed E-state index contributed by atoms with van der Waals surface area (Å²) in [5.41, 5.74) is -1.16. The van der Waals surface area contributed by atoms with Crippen LogP contribution < -0.4 is 5.32 Å². The van der Waals surface area contributed by atoms with Gasteiger partial charge in [0, 0.05) is 30.8 Å². The van der Waals surface area contributed by atoms with E-state index in [4.69, 9.17) is 5.11 Å².